The Hall–Kier alpha value is -1.04. The lowest BCUT2D eigenvalue weighted by Gasteiger charge is -2.19. The Kier molecular flexibility index (Phi) is 5.46. The van der Waals surface area contributed by atoms with E-state index in [1.54, 1.807) is 7.11 Å². The topological polar surface area (TPSA) is 44.5 Å². The molecule has 0 bridgehead atoms. The number of halogens is 2. The molecule has 0 aromatic heterocycles. The molecule has 3 nitrogen and oxygen atoms in total. The normalized spacial score (nSPS) is 12.0. The zero-order chi connectivity index (χ0) is 14.5. The molecule has 2 N–H and O–H groups in total. The van der Waals surface area contributed by atoms with Crippen molar-refractivity contribution in [3.63, 3.8) is 0 Å². The number of hydrogen-bond donors (Lipinski definition) is 1. The largest absolute Gasteiger partial charge is 0.497 e. The van der Waals surface area contributed by atoms with Crippen molar-refractivity contribution in [2.45, 2.75) is 6.10 Å². The second-order valence-corrected chi connectivity index (χ2v) is 5.96. The average molecular weight is 401 g/mol. The van der Waals surface area contributed by atoms with E-state index in [1.165, 1.54) is 0 Å². The number of methoxy groups -OCH3 is 1. The quantitative estimate of drug-likeness (QED) is 0.813. The van der Waals surface area contributed by atoms with E-state index in [0.717, 1.165) is 26.0 Å². The van der Waals surface area contributed by atoms with Gasteiger partial charge in [-0.05, 0) is 51.8 Å². The first-order valence-corrected chi connectivity index (χ1v) is 7.68. The minimum absolute atomic E-state index is 0.220. The number of ether oxygens (including phenoxy) is 2. The van der Waals surface area contributed by atoms with E-state index < -0.39 is 0 Å². The van der Waals surface area contributed by atoms with Gasteiger partial charge in [0.25, 0.3) is 0 Å². The van der Waals surface area contributed by atoms with Gasteiger partial charge in [-0.15, -0.1) is 0 Å². The summed E-state index contributed by atoms with van der Waals surface area (Å²) in [5.74, 6) is 1.55. The van der Waals surface area contributed by atoms with E-state index >= 15 is 0 Å². The van der Waals surface area contributed by atoms with Crippen molar-refractivity contribution >= 4 is 31.9 Å². The van der Waals surface area contributed by atoms with Crippen LogP contribution in [0.25, 0.3) is 0 Å². The first-order chi connectivity index (χ1) is 9.63. The monoisotopic (exact) mass is 399 g/mol. The van der Waals surface area contributed by atoms with E-state index in [2.05, 4.69) is 31.9 Å². The molecule has 0 heterocycles. The highest BCUT2D eigenvalue weighted by molar-refractivity contribution is 9.11. The average Bonchev–Trinajstić information content (AvgIpc) is 2.46. The zero-order valence-electron chi connectivity index (χ0n) is 11.0. The highest BCUT2D eigenvalue weighted by atomic mass is 79.9. The summed E-state index contributed by atoms with van der Waals surface area (Å²) in [6.45, 7) is 0.385. The van der Waals surface area contributed by atoms with Crippen LogP contribution in [0.4, 0.5) is 0 Å². The van der Waals surface area contributed by atoms with Gasteiger partial charge in [0.15, 0.2) is 0 Å². The molecule has 0 spiro atoms. The Labute approximate surface area is 135 Å². The van der Waals surface area contributed by atoms with Gasteiger partial charge in [-0.25, -0.2) is 0 Å². The molecule has 0 aliphatic carbocycles. The fourth-order valence-corrected chi connectivity index (χ4v) is 2.96. The first-order valence-electron chi connectivity index (χ1n) is 6.09. The third-order valence-electron chi connectivity index (χ3n) is 2.84. The molecule has 0 aliphatic rings. The lowest BCUT2D eigenvalue weighted by molar-refractivity contribution is 0.212. The summed E-state index contributed by atoms with van der Waals surface area (Å²) in [5, 5.41) is 0. The molecule has 0 saturated carbocycles. The number of rotatable bonds is 5. The molecule has 0 amide bonds. The van der Waals surface area contributed by atoms with Gasteiger partial charge in [-0.1, -0.05) is 28.1 Å². The van der Waals surface area contributed by atoms with Crippen molar-refractivity contribution in [2.75, 3.05) is 13.7 Å². The maximum Gasteiger partial charge on any atom is 0.136 e. The van der Waals surface area contributed by atoms with Gasteiger partial charge in [-0.2, -0.15) is 0 Å². The maximum absolute atomic E-state index is 5.99. The summed E-state index contributed by atoms with van der Waals surface area (Å²) >= 11 is 6.90. The molecule has 0 radical (unpaired) electrons. The van der Waals surface area contributed by atoms with Crippen LogP contribution in [0.5, 0.6) is 11.5 Å². The van der Waals surface area contributed by atoms with Crippen molar-refractivity contribution in [3.05, 3.63) is 57.0 Å². The smallest absolute Gasteiger partial charge is 0.136 e. The first kappa shape index (κ1) is 15.4. The Bertz CT molecular complexity index is 590. The fraction of sp³-hybridized carbons (Fsp3) is 0.200. The van der Waals surface area contributed by atoms with Crippen LogP contribution >= 0.6 is 31.9 Å². The molecule has 20 heavy (non-hydrogen) atoms. The van der Waals surface area contributed by atoms with Crippen LogP contribution in [0.3, 0.4) is 0 Å². The van der Waals surface area contributed by atoms with Gasteiger partial charge in [0.1, 0.15) is 17.6 Å². The third kappa shape index (κ3) is 3.75. The van der Waals surface area contributed by atoms with Crippen LogP contribution in [-0.4, -0.2) is 13.7 Å². The lowest BCUT2D eigenvalue weighted by Crippen LogP contribution is -2.18. The molecule has 0 saturated heterocycles. The number of hydrogen-bond acceptors (Lipinski definition) is 3. The Morgan fingerprint density at radius 2 is 1.95 bits per heavy atom. The van der Waals surface area contributed by atoms with E-state index in [-0.39, 0.29) is 6.10 Å². The standard InChI is InChI=1S/C15H15Br2NO2/c1-19-12-4-2-3-10(7-12)15(9-18)20-14-6-5-11(16)8-13(14)17/h2-8,15H,9,18H2,1H3. The summed E-state index contributed by atoms with van der Waals surface area (Å²) in [5.41, 5.74) is 6.82. The van der Waals surface area contributed by atoms with E-state index in [4.69, 9.17) is 15.2 Å². The van der Waals surface area contributed by atoms with Crippen molar-refractivity contribution in [1.29, 1.82) is 0 Å². The van der Waals surface area contributed by atoms with E-state index in [0.29, 0.717) is 6.54 Å². The minimum atomic E-state index is -0.220. The van der Waals surface area contributed by atoms with Crippen molar-refractivity contribution in [2.24, 2.45) is 5.73 Å². The van der Waals surface area contributed by atoms with Crippen LogP contribution in [0.15, 0.2) is 51.4 Å². The van der Waals surface area contributed by atoms with Crippen molar-refractivity contribution in [3.8, 4) is 11.5 Å². The van der Waals surface area contributed by atoms with Gasteiger partial charge in [0, 0.05) is 11.0 Å². The molecular formula is C15H15Br2NO2. The summed E-state index contributed by atoms with van der Waals surface area (Å²) in [4.78, 5) is 0. The summed E-state index contributed by atoms with van der Waals surface area (Å²) in [6.07, 6.45) is -0.220. The Morgan fingerprint density at radius 3 is 2.60 bits per heavy atom. The molecule has 106 valence electrons. The van der Waals surface area contributed by atoms with Gasteiger partial charge in [0.2, 0.25) is 0 Å². The van der Waals surface area contributed by atoms with Gasteiger partial charge >= 0.3 is 0 Å². The zero-order valence-corrected chi connectivity index (χ0v) is 14.1. The molecule has 1 unspecified atom stereocenters. The van der Waals surface area contributed by atoms with Crippen LogP contribution < -0.4 is 15.2 Å². The highest BCUT2D eigenvalue weighted by Crippen LogP contribution is 2.32. The molecule has 1 atom stereocenters. The SMILES string of the molecule is COc1cccc(C(CN)Oc2ccc(Br)cc2Br)c1. The Balaban J connectivity index is 2.23. The predicted octanol–water partition coefficient (Wildman–Crippen LogP) is 4.30. The highest BCUT2D eigenvalue weighted by Gasteiger charge is 2.14. The molecule has 0 fully saturated rings. The van der Waals surface area contributed by atoms with Crippen LogP contribution in [0.2, 0.25) is 0 Å². The summed E-state index contributed by atoms with van der Waals surface area (Å²) in [6, 6.07) is 13.5. The Morgan fingerprint density at radius 1 is 1.15 bits per heavy atom. The van der Waals surface area contributed by atoms with Crippen LogP contribution in [-0.2, 0) is 0 Å². The molecule has 5 heteroatoms. The molecule has 2 rings (SSSR count). The number of nitrogens with two attached hydrogens (primary N) is 1. The third-order valence-corrected chi connectivity index (χ3v) is 3.96. The van der Waals surface area contributed by atoms with E-state index in [9.17, 15) is 0 Å². The number of benzene rings is 2. The predicted molar refractivity (Wildman–Crippen MR) is 87.3 cm³/mol. The maximum atomic E-state index is 5.99. The van der Waals surface area contributed by atoms with Crippen LogP contribution in [0, 0.1) is 0 Å². The minimum Gasteiger partial charge on any atom is -0.497 e. The van der Waals surface area contributed by atoms with Crippen molar-refractivity contribution < 1.29 is 9.47 Å². The van der Waals surface area contributed by atoms with Crippen molar-refractivity contribution in [1.82, 2.24) is 0 Å². The summed E-state index contributed by atoms with van der Waals surface area (Å²) < 4.78 is 13.1. The molecule has 2 aromatic rings. The van der Waals surface area contributed by atoms with Gasteiger partial charge < -0.3 is 15.2 Å². The second-order valence-electron chi connectivity index (χ2n) is 4.19. The van der Waals surface area contributed by atoms with Crippen LogP contribution in [0.1, 0.15) is 11.7 Å². The summed E-state index contributed by atoms with van der Waals surface area (Å²) in [7, 11) is 1.64. The lowest BCUT2D eigenvalue weighted by atomic mass is 10.1. The van der Waals surface area contributed by atoms with Gasteiger partial charge in [0.05, 0.1) is 11.6 Å². The second kappa shape index (κ2) is 7.11. The molecule has 0 aliphatic heterocycles. The molecule has 2 aromatic carbocycles. The molecular weight excluding hydrogens is 386 g/mol. The fourth-order valence-electron chi connectivity index (χ4n) is 1.82. The van der Waals surface area contributed by atoms with Gasteiger partial charge in [-0.3, -0.25) is 0 Å². The van der Waals surface area contributed by atoms with E-state index in [1.807, 2.05) is 42.5 Å².